The Balaban J connectivity index is 1.36. The van der Waals surface area contributed by atoms with E-state index >= 15 is 13.2 Å². The monoisotopic (exact) mass is 632 g/mol. The number of nitrogens with one attached hydrogen (secondary N) is 3. The predicted octanol–water partition coefficient (Wildman–Crippen LogP) is 5.20. The summed E-state index contributed by atoms with van der Waals surface area (Å²) in [5.41, 5.74) is -1.78. The van der Waals surface area contributed by atoms with Gasteiger partial charge in [-0.15, -0.1) is 0 Å². The molecule has 1 saturated heterocycles. The summed E-state index contributed by atoms with van der Waals surface area (Å²) in [5.74, 6) is -5.92. The van der Waals surface area contributed by atoms with Gasteiger partial charge in [-0.1, -0.05) is 12.1 Å². The fraction of sp³-hybridized carbons (Fsp3) is 0.276. The van der Waals surface area contributed by atoms with Crippen molar-refractivity contribution in [1.29, 1.82) is 0 Å². The Kier molecular flexibility index (Phi) is 8.87. The molecule has 2 aromatic carbocycles. The van der Waals surface area contributed by atoms with Crippen molar-refractivity contribution in [2.24, 2.45) is 0 Å². The van der Waals surface area contributed by atoms with Crippen LogP contribution in [0.15, 0.2) is 60.9 Å². The fourth-order valence-corrected chi connectivity index (χ4v) is 5.87. The lowest BCUT2D eigenvalue weighted by molar-refractivity contribution is 0.137. The van der Waals surface area contributed by atoms with Crippen LogP contribution >= 0.6 is 0 Å². The molecule has 1 aliphatic rings. The highest BCUT2D eigenvalue weighted by atomic mass is 32.2. The van der Waals surface area contributed by atoms with Crippen LogP contribution in [0.2, 0.25) is 0 Å². The SMILES string of the molecule is COc1ccc(CS(=O)(=O)Nc2c(F)cc(Oc3ncccc3-c3ccnc(N[C@@H]4CNC[C@@](C)(F)C4)n3)c(F)c2F)cc1. The van der Waals surface area contributed by atoms with Crippen LogP contribution in [0.1, 0.15) is 18.9 Å². The van der Waals surface area contributed by atoms with Crippen LogP contribution in [0.4, 0.5) is 29.2 Å². The molecule has 0 radical (unpaired) electrons. The first kappa shape index (κ1) is 30.9. The number of hydrogen-bond acceptors (Lipinski definition) is 9. The molecule has 1 aliphatic heterocycles. The Hall–Kier alpha value is -4.50. The van der Waals surface area contributed by atoms with Gasteiger partial charge in [-0.25, -0.2) is 36.5 Å². The van der Waals surface area contributed by atoms with Crippen molar-refractivity contribution in [3.63, 3.8) is 0 Å². The van der Waals surface area contributed by atoms with Crippen LogP contribution in [-0.2, 0) is 15.8 Å². The summed E-state index contributed by atoms with van der Waals surface area (Å²) in [7, 11) is -2.90. The van der Waals surface area contributed by atoms with E-state index in [1.165, 1.54) is 56.8 Å². The van der Waals surface area contributed by atoms with Gasteiger partial charge in [-0.05, 0) is 42.8 Å². The summed E-state index contributed by atoms with van der Waals surface area (Å²) in [6.45, 7) is 2.23. The number of anilines is 2. The molecule has 0 amide bonds. The molecule has 5 rings (SSSR count). The number of alkyl halides is 1. The van der Waals surface area contributed by atoms with Gasteiger partial charge in [0.2, 0.25) is 27.7 Å². The molecule has 10 nitrogen and oxygen atoms in total. The zero-order valence-electron chi connectivity index (χ0n) is 23.6. The van der Waals surface area contributed by atoms with Crippen molar-refractivity contribution in [3.8, 4) is 28.6 Å². The zero-order valence-corrected chi connectivity index (χ0v) is 24.4. The topological polar surface area (TPSA) is 127 Å². The van der Waals surface area contributed by atoms with Crippen molar-refractivity contribution in [2.75, 3.05) is 30.2 Å². The Morgan fingerprint density at radius 1 is 1.07 bits per heavy atom. The van der Waals surface area contributed by atoms with Gasteiger partial charge in [-0.2, -0.15) is 4.39 Å². The molecule has 0 spiro atoms. The number of nitrogens with zero attached hydrogens (tertiary/aromatic N) is 3. The molecule has 2 aromatic heterocycles. The van der Waals surface area contributed by atoms with Gasteiger partial charge in [0.25, 0.3) is 0 Å². The average Bonchev–Trinajstić information content (AvgIpc) is 2.98. The molecule has 44 heavy (non-hydrogen) atoms. The lowest BCUT2D eigenvalue weighted by Crippen LogP contribution is -2.50. The lowest BCUT2D eigenvalue weighted by Gasteiger charge is -2.33. The quantitative estimate of drug-likeness (QED) is 0.160. The van der Waals surface area contributed by atoms with Crippen LogP contribution in [0.25, 0.3) is 11.3 Å². The van der Waals surface area contributed by atoms with Gasteiger partial charge in [0.05, 0.1) is 24.1 Å². The molecule has 1 fully saturated rings. The van der Waals surface area contributed by atoms with E-state index in [-0.39, 0.29) is 42.1 Å². The highest BCUT2D eigenvalue weighted by Gasteiger charge is 2.32. The number of hydrogen-bond donors (Lipinski definition) is 3. The molecular weight excluding hydrogens is 604 g/mol. The summed E-state index contributed by atoms with van der Waals surface area (Å²) < 4.78 is 97.1. The number of methoxy groups -OCH3 is 1. The van der Waals surface area contributed by atoms with Crippen LogP contribution in [0, 0.1) is 17.5 Å². The van der Waals surface area contributed by atoms with Gasteiger partial charge >= 0.3 is 0 Å². The predicted molar refractivity (Wildman–Crippen MR) is 155 cm³/mol. The number of halogens is 4. The number of benzene rings is 2. The van der Waals surface area contributed by atoms with Crippen molar-refractivity contribution >= 4 is 21.7 Å². The van der Waals surface area contributed by atoms with Crippen LogP contribution in [0.3, 0.4) is 0 Å². The minimum absolute atomic E-state index is 0.191. The van der Waals surface area contributed by atoms with Crippen molar-refractivity contribution in [1.82, 2.24) is 20.3 Å². The maximum Gasteiger partial charge on any atom is 0.237 e. The van der Waals surface area contributed by atoms with Crippen LogP contribution in [0.5, 0.6) is 17.4 Å². The van der Waals surface area contributed by atoms with Gasteiger partial charge < -0.3 is 20.1 Å². The highest BCUT2D eigenvalue weighted by Crippen LogP contribution is 2.36. The second-order valence-electron chi connectivity index (χ2n) is 10.4. The normalized spacial score (nSPS) is 18.5. The van der Waals surface area contributed by atoms with Crippen LogP contribution < -0.4 is 24.8 Å². The lowest BCUT2D eigenvalue weighted by atomic mass is 9.95. The molecule has 3 N–H and O–H groups in total. The largest absolute Gasteiger partial charge is 0.497 e. The highest BCUT2D eigenvalue weighted by molar-refractivity contribution is 7.91. The summed E-state index contributed by atoms with van der Waals surface area (Å²) in [5, 5.41) is 6.09. The van der Waals surface area contributed by atoms with Crippen molar-refractivity contribution < 1.29 is 35.5 Å². The molecule has 2 atom stereocenters. The van der Waals surface area contributed by atoms with Gasteiger partial charge in [0, 0.05) is 44.0 Å². The molecule has 15 heteroatoms. The number of rotatable bonds is 10. The molecule has 232 valence electrons. The Morgan fingerprint density at radius 2 is 1.84 bits per heavy atom. The van der Waals surface area contributed by atoms with E-state index in [1.807, 2.05) is 0 Å². The molecule has 3 heterocycles. The third-order valence-corrected chi connectivity index (χ3v) is 7.93. The Labute approximate surface area is 250 Å². The van der Waals surface area contributed by atoms with Crippen molar-refractivity contribution in [3.05, 3.63) is 83.9 Å². The first-order chi connectivity index (χ1) is 20.9. The van der Waals surface area contributed by atoms with E-state index in [1.54, 1.807) is 16.9 Å². The summed E-state index contributed by atoms with van der Waals surface area (Å²) in [6.07, 6.45) is 3.00. The number of sulfonamides is 1. The molecular formula is C29H28F4N6O4S. The fourth-order valence-electron chi connectivity index (χ4n) is 4.67. The van der Waals surface area contributed by atoms with E-state index in [4.69, 9.17) is 9.47 Å². The van der Waals surface area contributed by atoms with Crippen LogP contribution in [-0.4, -0.2) is 55.3 Å². The third-order valence-electron chi connectivity index (χ3n) is 6.70. The van der Waals surface area contributed by atoms with Crippen molar-refractivity contribution in [2.45, 2.75) is 30.8 Å². The minimum Gasteiger partial charge on any atom is -0.497 e. The standard InChI is InChI=1S/C29H28F4N6O4S/c1-29(33)13-18(14-34-16-29)37-28-36-11-9-22(38-28)20-4-3-10-35-27(20)43-23-12-21(30)26(25(32)24(23)31)39-44(40,41)15-17-5-7-19(42-2)8-6-17/h3-12,18,34,39H,13-16H2,1-2H3,(H,36,37,38)/t18-,29-/m0/s1. The first-order valence-electron chi connectivity index (χ1n) is 13.4. The summed E-state index contributed by atoms with van der Waals surface area (Å²) in [6, 6.07) is 10.8. The van der Waals surface area contributed by atoms with Gasteiger partial charge in [0.15, 0.2) is 17.4 Å². The smallest absolute Gasteiger partial charge is 0.237 e. The van der Waals surface area contributed by atoms with Gasteiger partial charge in [0.1, 0.15) is 17.1 Å². The summed E-state index contributed by atoms with van der Waals surface area (Å²) >= 11 is 0. The summed E-state index contributed by atoms with van der Waals surface area (Å²) in [4.78, 5) is 12.7. The molecule has 0 unspecified atom stereocenters. The maximum atomic E-state index is 15.1. The van der Waals surface area contributed by atoms with E-state index in [9.17, 15) is 12.8 Å². The first-order valence-corrected chi connectivity index (χ1v) is 15.0. The molecule has 0 saturated carbocycles. The third kappa shape index (κ3) is 7.34. The number of aromatic nitrogens is 3. The van der Waals surface area contributed by atoms with E-state index in [0.717, 1.165) is 0 Å². The second kappa shape index (κ2) is 12.6. The minimum atomic E-state index is -4.34. The number of pyridine rings is 1. The maximum absolute atomic E-state index is 15.1. The van der Waals surface area contributed by atoms with E-state index < -0.39 is 50.3 Å². The number of piperidine rings is 1. The Morgan fingerprint density at radius 3 is 2.57 bits per heavy atom. The Bertz CT molecular complexity index is 1760. The molecule has 0 bridgehead atoms. The zero-order chi connectivity index (χ0) is 31.5. The van der Waals surface area contributed by atoms with E-state index in [0.29, 0.717) is 23.9 Å². The van der Waals surface area contributed by atoms with E-state index in [2.05, 4.69) is 25.6 Å². The van der Waals surface area contributed by atoms with Gasteiger partial charge in [-0.3, -0.25) is 4.72 Å². The second-order valence-corrected chi connectivity index (χ2v) is 12.1. The average molecular weight is 633 g/mol. The molecule has 0 aliphatic carbocycles. The number of ether oxygens (including phenoxy) is 2. The molecule has 4 aromatic rings.